The van der Waals surface area contributed by atoms with Gasteiger partial charge >= 0.3 is 5.97 Å². The van der Waals surface area contributed by atoms with Crippen LogP contribution in [0.2, 0.25) is 0 Å². The largest absolute Gasteiger partial charge is 0.480 e. The Kier molecular flexibility index (Phi) is 5.41. The minimum absolute atomic E-state index is 0.0949. The number of carboxylic acids is 1. The number of carbonyl (C=O) groups is 3. The van der Waals surface area contributed by atoms with Gasteiger partial charge in [-0.25, -0.2) is 4.68 Å². The van der Waals surface area contributed by atoms with Crippen molar-refractivity contribution in [3.63, 3.8) is 0 Å². The predicted octanol–water partition coefficient (Wildman–Crippen LogP) is -0.141. The van der Waals surface area contributed by atoms with Crippen LogP contribution in [0.5, 0.6) is 0 Å². The van der Waals surface area contributed by atoms with Crippen LogP contribution in [0.3, 0.4) is 0 Å². The van der Waals surface area contributed by atoms with Gasteiger partial charge in [-0.15, -0.1) is 16.4 Å². The molecular weight excluding hydrogens is 322 g/mol. The van der Waals surface area contributed by atoms with E-state index < -0.39 is 12.0 Å². The highest BCUT2D eigenvalue weighted by Gasteiger charge is 2.17. The summed E-state index contributed by atoms with van der Waals surface area (Å²) in [6.07, 6.45) is 1.43. The molecule has 0 fully saturated rings. The fourth-order valence-corrected chi connectivity index (χ4v) is 2.33. The van der Waals surface area contributed by atoms with Gasteiger partial charge in [0.05, 0.1) is 17.6 Å². The second-order valence-corrected chi connectivity index (χ2v) is 5.64. The Morgan fingerprint density at radius 3 is 2.87 bits per heavy atom. The van der Waals surface area contributed by atoms with E-state index in [-0.39, 0.29) is 24.9 Å². The molecule has 0 aromatic carbocycles. The molecule has 1 unspecified atom stereocenters. The van der Waals surface area contributed by atoms with Crippen molar-refractivity contribution in [2.24, 2.45) is 0 Å². The first-order chi connectivity index (χ1) is 11.0. The minimum Gasteiger partial charge on any atom is -0.480 e. The first kappa shape index (κ1) is 16.6. The molecule has 122 valence electrons. The van der Waals surface area contributed by atoms with Crippen LogP contribution in [0, 0.1) is 0 Å². The molecule has 2 aromatic heterocycles. The molecule has 2 heterocycles. The van der Waals surface area contributed by atoms with Crippen molar-refractivity contribution in [2.45, 2.75) is 26.1 Å². The van der Waals surface area contributed by atoms with Crippen LogP contribution >= 0.6 is 11.3 Å². The van der Waals surface area contributed by atoms with Gasteiger partial charge in [-0.3, -0.25) is 14.4 Å². The number of aliphatic carboxylic acids is 1. The quantitative estimate of drug-likeness (QED) is 0.645. The summed E-state index contributed by atoms with van der Waals surface area (Å²) in [6.45, 7) is 1.37. The van der Waals surface area contributed by atoms with Crippen molar-refractivity contribution in [1.82, 2.24) is 25.6 Å². The van der Waals surface area contributed by atoms with Crippen LogP contribution < -0.4 is 10.6 Å². The molecule has 0 aliphatic heterocycles. The molecule has 0 saturated heterocycles. The summed E-state index contributed by atoms with van der Waals surface area (Å²) in [5.41, 5.74) is 0.427. The monoisotopic (exact) mass is 337 g/mol. The smallest absolute Gasteiger partial charge is 0.325 e. The van der Waals surface area contributed by atoms with Crippen LogP contribution in [-0.2, 0) is 22.7 Å². The molecule has 2 amide bonds. The van der Waals surface area contributed by atoms with Crippen molar-refractivity contribution in [3.05, 3.63) is 34.3 Å². The van der Waals surface area contributed by atoms with Gasteiger partial charge in [0.2, 0.25) is 5.91 Å². The second-order valence-electron chi connectivity index (χ2n) is 4.69. The number of nitrogens with one attached hydrogen (secondary N) is 2. The fourth-order valence-electron chi connectivity index (χ4n) is 1.71. The summed E-state index contributed by atoms with van der Waals surface area (Å²) in [7, 11) is 0. The zero-order valence-electron chi connectivity index (χ0n) is 12.2. The van der Waals surface area contributed by atoms with Gasteiger partial charge in [-0.05, 0) is 18.4 Å². The number of carbonyl (C=O) groups excluding carboxylic acids is 2. The third-order valence-corrected chi connectivity index (χ3v) is 3.68. The van der Waals surface area contributed by atoms with Crippen molar-refractivity contribution >= 4 is 29.1 Å². The molecule has 2 rings (SSSR count). The van der Waals surface area contributed by atoms with Gasteiger partial charge in [0, 0.05) is 0 Å². The predicted molar refractivity (Wildman–Crippen MR) is 80.8 cm³/mol. The van der Waals surface area contributed by atoms with Crippen LogP contribution in [0.4, 0.5) is 0 Å². The molecule has 9 nitrogen and oxygen atoms in total. The Morgan fingerprint density at radius 1 is 1.43 bits per heavy atom. The Balaban J connectivity index is 1.80. The number of thiophene rings is 1. The lowest BCUT2D eigenvalue weighted by Crippen LogP contribution is -2.44. The molecule has 1 atom stereocenters. The Labute approximate surface area is 135 Å². The number of hydrogen-bond donors (Lipinski definition) is 3. The van der Waals surface area contributed by atoms with E-state index in [1.165, 1.54) is 17.5 Å². The zero-order valence-corrected chi connectivity index (χ0v) is 13.0. The molecule has 3 N–H and O–H groups in total. The van der Waals surface area contributed by atoms with Crippen LogP contribution in [-0.4, -0.2) is 43.9 Å². The van der Waals surface area contributed by atoms with Crippen molar-refractivity contribution in [2.75, 3.05) is 0 Å². The summed E-state index contributed by atoms with van der Waals surface area (Å²) >= 11 is 1.29. The average molecular weight is 337 g/mol. The second kappa shape index (κ2) is 7.49. The third-order valence-electron chi connectivity index (χ3n) is 2.81. The lowest BCUT2D eigenvalue weighted by Gasteiger charge is -2.12. The summed E-state index contributed by atoms with van der Waals surface area (Å²) < 4.78 is 1.16. The van der Waals surface area contributed by atoms with Crippen LogP contribution in [0.25, 0.3) is 0 Å². The summed E-state index contributed by atoms with van der Waals surface area (Å²) in [4.78, 5) is 34.8. The Morgan fingerprint density at radius 2 is 2.22 bits per heavy atom. The van der Waals surface area contributed by atoms with Crippen molar-refractivity contribution in [3.8, 4) is 0 Å². The normalized spacial score (nSPS) is 11.7. The molecule has 10 heteroatoms. The molecule has 0 aliphatic rings. The number of hydrogen-bond acceptors (Lipinski definition) is 6. The molecule has 0 saturated carbocycles. The van der Waals surface area contributed by atoms with Crippen LogP contribution in [0.1, 0.15) is 22.3 Å². The lowest BCUT2D eigenvalue weighted by molar-refractivity contribution is -0.138. The number of nitrogens with zero attached hydrogens (tertiary/aromatic N) is 3. The van der Waals surface area contributed by atoms with E-state index in [0.29, 0.717) is 10.6 Å². The van der Waals surface area contributed by atoms with E-state index >= 15 is 0 Å². The first-order valence-electron chi connectivity index (χ1n) is 6.68. The molecule has 23 heavy (non-hydrogen) atoms. The van der Waals surface area contributed by atoms with Gasteiger partial charge in [-0.2, -0.15) is 0 Å². The van der Waals surface area contributed by atoms with Crippen molar-refractivity contribution in [1.29, 1.82) is 0 Å². The van der Waals surface area contributed by atoms with Gasteiger partial charge in [0.15, 0.2) is 0 Å². The lowest BCUT2D eigenvalue weighted by atomic mass is 10.3. The van der Waals surface area contributed by atoms with E-state index in [9.17, 15) is 14.4 Å². The molecule has 0 spiro atoms. The Hall–Kier alpha value is -2.75. The zero-order chi connectivity index (χ0) is 16.8. The van der Waals surface area contributed by atoms with E-state index in [0.717, 1.165) is 4.68 Å². The summed E-state index contributed by atoms with van der Waals surface area (Å²) in [6, 6.07) is 2.72. The number of carboxylic acid groups (broad SMARTS) is 1. The standard InChI is InChI=1S/C13H15N5O4S/c1-8(15-13(22)10-3-2-4-23-10)12(21)14-5-9-6-18(17-16-9)7-11(19)20/h2-4,6,8H,5,7H2,1H3,(H,14,21)(H,15,22)(H,19,20). The average Bonchev–Trinajstić information content (AvgIpc) is 3.15. The minimum atomic E-state index is -1.03. The van der Waals surface area contributed by atoms with Crippen LogP contribution in [0.15, 0.2) is 23.7 Å². The highest BCUT2D eigenvalue weighted by molar-refractivity contribution is 7.12. The molecular formula is C13H15N5O4S. The van der Waals surface area contributed by atoms with Crippen molar-refractivity contribution < 1.29 is 19.5 Å². The maximum absolute atomic E-state index is 11.9. The van der Waals surface area contributed by atoms with E-state index in [1.807, 2.05) is 0 Å². The molecule has 0 radical (unpaired) electrons. The van der Waals surface area contributed by atoms with Gasteiger partial charge in [0.25, 0.3) is 5.91 Å². The number of aromatic nitrogens is 3. The molecule has 0 aliphatic carbocycles. The summed E-state index contributed by atoms with van der Waals surface area (Å²) in [5, 5.41) is 23.0. The Bertz CT molecular complexity index is 697. The summed E-state index contributed by atoms with van der Waals surface area (Å²) in [5.74, 6) is -1.71. The highest BCUT2D eigenvalue weighted by Crippen LogP contribution is 2.08. The topological polar surface area (TPSA) is 126 Å². The van der Waals surface area contributed by atoms with E-state index in [1.54, 1.807) is 24.4 Å². The van der Waals surface area contributed by atoms with E-state index in [4.69, 9.17) is 5.11 Å². The van der Waals surface area contributed by atoms with E-state index in [2.05, 4.69) is 20.9 Å². The maximum atomic E-state index is 11.9. The molecule has 0 bridgehead atoms. The fraction of sp³-hybridized carbons (Fsp3) is 0.308. The SMILES string of the molecule is CC(NC(=O)c1cccs1)C(=O)NCc1cn(CC(=O)O)nn1. The third kappa shape index (κ3) is 4.88. The van der Waals surface area contributed by atoms with Gasteiger partial charge < -0.3 is 15.7 Å². The highest BCUT2D eigenvalue weighted by atomic mass is 32.1. The van der Waals surface area contributed by atoms with Gasteiger partial charge in [-0.1, -0.05) is 11.3 Å². The number of rotatable bonds is 7. The maximum Gasteiger partial charge on any atom is 0.325 e. The van der Waals surface area contributed by atoms with Gasteiger partial charge in [0.1, 0.15) is 18.3 Å². The molecule has 2 aromatic rings. The number of amides is 2. The first-order valence-corrected chi connectivity index (χ1v) is 7.56.